The van der Waals surface area contributed by atoms with Crippen molar-refractivity contribution in [3.05, 3.63) is 48.0 Å². The largest absolute Gasteiger partial charge is 0.477 e. The van der Waals surface area contributed by atoms with Gasteiger partial charge in [0, 0.05) is 50.8 Å². The maximum atomic E-state index is 12.9. The van der Waals surface area contributed by atoms with Crippen LogP contribution in [0.2, 0.25) is 0 Å². The molecule has 8 nitrogen and oxygen atoms in total. The molecule has 2 aromatic rings. The van der Waals surface area contributed by atoms with Gasteiger partial charge < -0.3 is 19.9 Å². The van der Waals surface area contributed by atoms with Crippen LogP contribution < -0.4 is 15.0 Å². The number of hydrogen-bond acceptors (Lipinski definition) is 6. The first-order valence-corrected chi connectivity index (χ1v) is 10.4. The number of rotatable bonds is 8. The summed E-state index contributed by atoms with van der Waals surface area (Å²) in [6.45, 7) is 7.46. The summed E-state index contributed by atoms with van der Waals surface area (Å²) in [5, 5.41) is 2.70. The number of halogens is 1. The van der Waals surface area contributed by atoms with Gasteiger partial charge >= 0.3 is 0 Å². The van der Waals surface area contributed by atoms with E-state index in [4.69, 9.17) is 4.74 Å². The summed E-state index contributed by atoms with van der Waals surface area (Å²) in [7, 11) is 0. The third-order valence-corrected chi connectivity index (χ3v) is 4.88. The molecule has 0 bridgehead atoms. The van der Waals surface area contributed by atoms with Gasteiger partial charge in [-0.3, -0.25) is 9.59 Å². The van der Waals surface area contributed by atoms with E-state index in [1.165, 1.54) is 30.6 Å². The first-order chi connectivity index (χ1) is 14.9. The van der Waals surface area contributed by atoms with Crippen molar-refractivity contribution >= 4 is 17.6 Å². The van der Waals surface area contributed by atoms with E-state index in [1.807, 2.05) is 6.07 Å². The van der Waals surface area contributed by atoms with Crippen molar-refractivity contribution in [2.45, 2.75) is 20.3 Å². The minimum Gasteiger partial charge on any atom is -0.477 e. The van der Waals surface area contributed by atoms with Crippen molar-refractivity contribution in [3.63, 3.8) is 0 Å². The predicted molar refractivity (Wildman–Crippen MR) is 115 cm³/mol. The first-order valence-electron chi connectivity index (χ1n) is 10.4. The molecule has 1 aliphatic heterocycles. The zero-order valence-corrected chi connectivity index (χ0v) is 17.9. The Morgan fingerprint density at radius 2 is 1.84 bits per heavy atom. The standard InChI is InChI=1S/C22H28FN5O3/c1-16(2)14-31-20-13-19(25-15-26-20)27-9-11-28(12-10-27)21(29)7-8-24-22(30)17-3-5-18(23)6-4-17/h3-6,13,15-16H,7-12,14H2,1-2H3,(H,24,30). The molecule has 1 saturated heterocycles. The maximum Gasteiger partial charge on any atom is 0.251 e. The number of nitrogens with zero attached hydrogens (tertiary/aromatic N) is 4. The molecule has 1 fully saturated rings. The summed E-state index contributed by atoms with van der Waals surface area (Å²) in [5.74, 6) is 1.02. The van der Waals surface area contributed by atoms with Crippen LogP contribution in [0.1, 0.15) is 30.6 Å². The highest BCUT2D eigenvalue weighted by atomic mass is 19.1. The van der Waals surface area contributed by atoms with Gasteiger partial charge in [-0.15, -0.1) is 0 Å². The van der Waals surface area contributed by atoms with E-state index in [9.17, 15) is 14.0 Å². The monoisotopic (exact) mass is 429 g/mol. The van der Waals surface area contributed by atoms with Gasteiger partial charge in [-0.25, -0.2) is 14.4 Å². The molecule has 0 aliphatic carbocycles. The van der Waals surface area contributed by atoms with E-state index in [-0.39, 0.29) is 24.8 Å². The number of amides is 2. The van der Waals surface area contributed by atoms with E-state index < -0.39 is 5.82 Å². The van der Waals surface area contributed by atoms with Gasteiger partial charge in [-0.05, 0) is 30.2 Å². The Morgan fingerprint density at radius 3 is 2.52 bits per heavy atom. The van der Waals surface area contributed by atoms with E-state index in [1.54, 1.807) is 4.90 Å². The number of anilines is 1. The minimum absolute atomic E-state index is 0.0114. The molecule has 0 saturated carbocycles. The van der Waals surface area contributed by atoms with Crippen LogP contribution in [0, 0.1) is 11.7 Å². The van der Waals surface area contributed by atoms with Gasteiger partial charge in [-0.2, -0.15) is 0 Å². The van der Waals surface area contributed by atoms with E-state index in [0.717, 1.165) is 5.82 Å². The number of hydrogen-bond donors (Lipinski definition) is 1. The highest BCUT2D eigenvalue weighted by Crippen LogP contribution is 2.18. The van der Waals surface area contributed by atoms with E-state index >= 15 is 0 Å². The fourth-order valence-electron chi connectivity index (χ4n) is 3.16. The van der Waals surface area contributed by atoms with Crippen LogP contribution in [0.15, 0.2) is 36.7 Å². The van der Waals surface area contributed by atoms with Gasteiger partial charge in [-0.1, -0.05) is 13.8 Å². The van der Waals surface area contributed by atoms with Crippen molar-refractivity contribution in [2.24, 2.45) is 5.92 Å². The molecule has 0 atom stereocenters. The fourth-order valence-corrected chi connectivity index (χ4v) is 3.16. The van der Waals surface area contributed by atoms with Crippen molar-refractivity contribution < 1.29 is 18.7 Å². The maximum absolute atomic E-state index is 12.9. The van der Waals surface area contributed by atoms with Gasteiger partial charge in [0.25, 0.3) is 5.91 Å². The zero-order valence-electron chi connectivity index (χ0n) is 17.9. The second kappa shape index (κ2) is 10.7. The Hall–Kier alpha value is -3.23. The van der Waals surface area contributed by atoms with Crippen LogP contribution in [0.25, 0.3) is 0 Å². The summed E-state index contributed by atoms with van der Waals surface area (Å²) in [6.07, 6.45) is 1.71. The fraction of sp³-hybridized carbons (Fsp3) is 0.455. The Kier molecular flexibility index (Phi) is 7.75. The lowest BCUT2D eigenvalue weighted by Gasteiger charge is -2.35. The lowest BCUT2D eigenvalue weighted by Crippen LogP contribution is -2.49. The molecule has 2 heterocycles. The molecule has 1 N–H and O–H groups in total. The van der Waals surface area contributed by atoms with Gasteiger partial charge in [0.1, 0.15) is 18.0 Å². The summed E-state index contributed by atoms with van der Waals surface area (Å²) < 4.78 is 18.6. The number of piperazine rings is 1. The average Bonchev–Trinajstić information content (AvgIpc) is 2.78. The van der Waals surface area contributed by atoms with Crippen LogP contribution in [0.4, 0.5) is 10.2 Å². The van der Waals surface area contributed by atoms with E-state index in [0.29, 0.717) is 50.1 Å². The Bertz CT molecular complexity index is 883. The summed E-state index contributed by atoms with van der Waals surface area (Å²) >= 11 is 0. The summed E-state index contributed by atoms with van der Waals surface area (Å²) in [6, 6.07) is 7.12. The summed E-state index contributed by atoms with van der Waals surface area (Å²) in [5.41, 5.74) is 0.365. The normalized spacial score (nSPS) is 13.9. The average molecular weight is 429 g/mol. The molecular weight excluding hydrogens is 401 g/mol. The molecule has 9 heteroatoms. The SMILES string of the molecule is CC(C)COc1cc(N2CCN(C(=O)CCNC(=O)c3ccc(F)cc3)CC2)ncn1. The lowest BCUT2D eigenvalue weighted by molar-refractivity contribution is -0.131. The quantitative estimate of drug-likeness (QED) is 0.692. The molecule has 1 aliphatic rings. The third kappa shape index (κ3) is 6.63. The van der Waals surface area contributed by atoms with Crippen molar-refractivity contribution in [1.29, 1.82) is 0 Å². The van der Waals surface area contributed by atoms with E-state index in [2.05, 4.69) is 34.0 Å². The first kappa shape index (κ1) is 22.5. The minimum atomic E-state index is -0.396. The topological polar surface area (TPSA) is 87.7 Å². The highest BCUT2D eigenvalue weighted by molar-refractivity contribution is 5.94. The Morgan fingerprint density at radius 1 is 1.13 bits per heavy atom. The third-order valence-electron chi connectivity index (χ3n) is 4.88. The second-order valence-corrected chi connectivity index (χ2v) is 7.80. The zero-order chi connectivity index (χ0) is 22.2. The molecule has 0 unspecified atom stereocenters. The molecule has 31 heavy (non-hydrogen) atoms. The van der Waals surface area contributed by atoms with Crippen molar-refractivity contribution in [3.8, 4) is 5.88 Å². The van der Waals surface area contributed by atoms with Crippen LogP contribution >= 0.6 is 0 Å². The van der Waals surface area contributed by atoms with Crippen molar-refractivity contribution in [2.75, 3.05) is 44.2 Å². The van der Waals surface area contributed by atoms with Crippen LogP contribution in [-0.4, -0.2) is 66.0 Å². The van der Waals surface area contributed by atoms with Crippen LogP contribution in [-0.2, 0) is 4.79 Å². The molecule has 1 aromatic heterocycles. The van der Waals surface area contributed by atoms with Gasteiger partial charge in [0.15, 0.2) is 0 Å². The van der Waals surface area contributed by atoms with Crippen molar-refractivity contribution in [1.82, 2.24) is 20.2 Å². The number of carbonyl (C=O) groups excluding carboxylic acids is 2. The number of ether oxygens (including phenoxy) is 1. The molecule has 2 amide bonds. The van der Waals surface area contributed by atoms with Crippen LogP contribution in [0.3, 0.4) is 0 Å². The molecule has 3 rings (SSSR count). The predicted octanol–water partition coefficient (Wildman–Crippen LogP) is 2.12. The highest BCUT2D eigenvalue weighted by Gasteiger charge is 2.22. The number of carbonyl (C=O) groups is 2. The number of nitrogens with one attached hydrogen (secondary N) is 1. The number of aromatic nitrogens is 2. The summed E-state index contributed by atoms with van der Waals surface area (Å²) in [4.78, 5) is 36.9. The molecule has 0 radical (unpaired) electrons. The molecule has 0 spiro atoms. The Labute approximate surface area is 181 Å². The van der Waals surface area contributed by atoms with Crippen LogP contribution in [0.5, 0.6) is 5.88 Å². The molecule has 166 valence electrons. The Balaban J connectivity index is 1.42. The molecule has 1 aromatic carbocycles. The molecular formula is C22H28FN5O3. The smallest absolute Gasteiger partial charge is 0.251 e. The second-order valence-electron chi connectivity index (χ2n) is 7.80. The lowest BCUT2D eigenvalue weighted by atomic mass is 10.2. The van der Waals surface area contributed by atoms with Gasteiger partial charge in [0.05, 0.1) is 6.61 Å². The number of benzene rings is 1. The van der Waals surface area contributed by atoms with Gasteiger partial charge in [0.2, 0.25) is 11.8 Å².